The number of nitrogens with zero attached hydrogens (tertiary/aromatic N) is 3. The van der Waals surface area contributed by atoms with E-state index in [1.807, 2.05) is 6.20 Å². The van der Waals surface area contributed by atoms with Crippen LogP contribution in [0.4, 0.5) is 0 Å². The van der Waals surface area contributed by atoms with Crippen molar-refractivity contribution in [3.05, 3.63) is 18.0 Å². The Morgan fingerprint density at radius 2 is 2.05 bits per heavy atom. The van der Waals surface area contributed by atoms with Crippen molar-refractivity contribution in [2.24, 2.45) is 0 Å². The molecule has 0 saturated heterocycles. The SMILES string of the molecule is CCN(CC)CCCNCc1cnn(C2CCCC2)c1. The van der Waals surface area contributed by atoms with Gasteiger partial charge in [-0.15, -0.1) is 0 Å². The maximum absolute atomic E-state index is 4.52. The minimum absolute atomic E-state index is 0.659. The number of hydrogen-bond acceptors (Lipinski definition) is 3. The number of nitrogens with one attached hydrogen (secondary N) is 1. The molecule has 0 spiro atoms. The summed E-state index contributed by atoms with van der Waals surface area (Å²) < 4.78 is 2.18. The molecule has 20 heavy (non-hydrogen) atoms. The van der Waals surface area contributed by atoms with Crippen LogP contribution in [0.5, 0.6) is 0 Å². The van der Waals surface area contributed by atoms with Gasteiger partial charge in [0.2, 0.25) is 0 Å². The van der Waals surface area contributed by atoms with Crippen LogP contribution < -0.4 is 5.32 Å². The van der Waals surface area contributed by atoms with Gasteiger partial charge in [-0.1, -0.05) is 26.7 Å². The zero-order chi connectivity index (χ0) is 14.2. The maximum atomic E-state index is 4.52. The van der Waals surface area contributed by atoms with Crippen molar-refractivity contribution >= 4 is 0 Å². The molecule has 1 aliphatic rings. The molecular weight excluding hydrogens is 248 g/mol. The third kappa shape index (κ3) is 4.60. The molecular formula is C16H30N4. The number of aromatic nitrogens is 2. The predicted octanol–water partition coefficient (Wildman–Crippen LogP) is 2.82. The van der Waals surface area contributed by atoms with E-state index in [9.17, 15) is 0 Å². The maximum Gasteiger partial charge on any atom is 0.0534 e. The van der Waals surface area contributed by atoms with Crippen LogP contribution >= 0.6 is 0 Å². The second-order valence-corrected chi connectivity index (χ2v) is 5.82. The molecule has 0 aromatic carbocycles. The number of rotatable bonds is 9. The van der Waals surface area contributed by atoms with Crippen molar-refractivity contribution < 1.29 is 0 Å². The highest BCUT2D eigenvalue weighted by Crippen LogP contribution is 2.28. The first-order chi connectivity index (χ1) is 9.83. The van der Waals surface area contributed by atoms with Crippen LogP contribution in [0.3, 0.4) is 0 Å². The lowest BCUT2D eigenvalue weighted by atomic mass is 10.2. The molecule has 0 aliphatic heterocycles. The van der Waals surface area contributed by atoms with E-state index in [-0.39, 0.29) is 0 Å². The first kappa shape index (κ1) is 15.5. The highest BCUT2D eigenvalue weighted by molar-refractivity contribution is 5.04. The molecule has 4 nitrogen and oxygen atoms in total. The normalized spacial score (nSPS) is 16.4. The summed E-state index contributed by atoms with van der Waals surface area (Å²) in [6.07, 6.45) is 10.8. The van der Waals surface area contributed by atoms with E-state index < -0.39 is 0 Å². The van der Waals surface area contributed by atoms with Crippen LogP contribution in [0.25, 0.3) is 0 Å². The van der Waals surface area contributed by atoms with E-state index in [1.165, 1.54) is 44.2 Å². The molecule has 0 radical (unpaired) electrons. The van der Waals surface area contributed by atoms with Crippen LogP contribution in [0.1, 0.15) is 57.6 Å². The lowest BCUT2D eigenvalue weighted by Crippen LogP contribution is -2.27. The Morgan fingerprint density at radius 1 is 1.30 bits per heavy atom. The molecule has 1 aromatic heterocycles. The zero-order valence-electron chi connectivity index (χ0n) is 13.1. The van der Waals surface area contributed by atoms with Crippen LogP contribution in [-0.2, 0) is 6.54 Å². The van der Waals surface area contributed by atoms with Gasteiger partial charge in [-0.25, -0.2) is 0 Å². The Labute approximate surface area is 123 Å². The average molecular weight is 278 g/mol. The molecule has 2 rings (SSSR count). The molecule has 1 fully saturated rings. The molecule has 0 amide bonds. The average Bonchev–Trinajstić information content (AvgIpc) is 3.13. The van der Waals surface area contributed by atoms with Crippen molar-refractivity contribution in [1.29, 1.82) is 0 Å². The van der Waals surface area contributed by atoms with Gasteiger partial charge in [0.15, 0.2) is 0 Å². The summed E-state index contributed by atoms with van der Waals surface area (Å²) in [5.74, 6) is 0. The Bertz CT molecular complexity index is 364. The minimum Gasteiger partial charge on any atom is -0.313 e. The van der Waals surface area contributed by atoms with Gasteiger partial charge in [0.1, 0.15) is 0 Å². The van der Waals surface area contributed by atoms with Crippen LogP contribution in [0.2, 0.25) is 0 Å². The Morgan fingerprint density at radius 3 is 2.75 bits per heavy atom. The predicted molar refractivity (Wildman–Crippen MR) is 83.8 cm³/mol. The fourth-order valence-electron chi connectivity index (χ4n) is 3.04. The molecule has 114 valence electrons. The fourth-order valence-corrected chi connectivity index (χ4v) is 3.04. The van der Waals surface area contributed by atoms with Crippen LogP contribution in [0.15, 0.2) is 12.4 Å². The summed E-state index contributed by atoms with van der Waals surface area (Å²) in [4.78, 5) is 2.47. The molecule has 1 N–H and O–H groups in total. The highest BCUT2D eigenvalue weighted by atomic mass is 15.3. The van der Waals surface area contributed by atoms with Crippen molar-refractivity contribution in [3.63, 3.8) is 0 Å². The summed E-state index contributed by atoms with van der Waals surface area (Å²) >= 11 is 0. The van der Waals surface area contributed by atoms with Crippen molar-refractivity contribution in [3.8, 4) is 0 Å². The van der Waals surface area contributed by atoms with Crippen molar-refractivity contribution in [1.82, 2.24) is 20.0 Å². The quantitative estimate of drug-likeness (QED) is 0.705. The second-order valence-electron chi connectivity index (χ2n) is 5.82. The first-order valence-corrected chi connectivity index (χ1v) is 8.29. The Balaban J connectivity index is 1.62. The van der Waals surface area contributed by atoms with Crippen LogP contribution in [0, 0.1) is 0 Å². The van der Waals surface area contributed by atoms with E-state index in [1.54, 1.807) is 0 Å². The lowest BCUT2D eigenvalue weighted by molar-refractivity contribution is 0.298. The molecule has 0 unspecified atom stereocenters. The molecule has 1 heterocycles. The van der Waals surface area contributed by atoms with Gasteiger partial charge in [-0.3, -0.25) is 4.68 Å². The molecule has 0 bridgehead atoms. The van der Waals surface area contributed by atoms with E-state index >= 15 is 0 Å². The molecule has 0 atom stereocenters. The third-order valence-corrected chi connectivity index (χ3v) is 4.41. The summed E-state index contributed by atoms with van der Waals surface area (Å²) in [7, 11) is 0. The zero-order valence-corrected chi connectivity index (χ0v) is 13.1. The largest absolute Gasteiger partial charge is 0.313 e. The first-order valence-electron chi connectivity index (χ1n) is 8.29. The summed E-state index contributed by atoms with van der Waals surface area (Å²) in [6.45, 7) is 10.0. The van der Waals surface area contributed by atoms with Gasteiger partial charge in [0, 0.05) is 18.3 Å². The van der Waals surface area contributed by atoms with Gasteiger partial charge in [-0.05, 0) is 45.4 Å². The Hall–Kier alpha value is -0.870. The minimum atomic E-state index is 0.659. The van der Waals surface area contributed by atoms with E-state index in [0.717, 1.165) is 26.2 Å². The van der Waals surface area contributed by atoms with E-state index in [0.29, 0.717) is 6.04 Å². The van der Waals surface area contributed by atoms with Gasteiger partial charge >= 0.3 is 0 Å². The second kappa shape index (κ2) is 8.42. The van der Waals surface area contributed by atoms with E-state index in [2.05, 4.69) is 40.0 Å². The molecule has 1 saturated carbocycles. The van der Waals surface area contributed by atoms with Crippen LogP contribution in [-0.4, -0.2) is 40.9 Å². The lowest BCUT2D eigenvalue weighted by Gasteiger charge is -2.17. The van der Waals surface area contributed by atoms with Gasteiger partial charge < -0.3 is 10.2 Å². The summed E-state index contributed by atoms with van der Waals surface area (Å²) in [6, 6.07) is 0.659. The molecule has 1 aliphatic carbocycles. The molecule has 1 aromatic rings. The van der Waals surface area contributed by atoms with Crippen molar-refractivity contribution in [2.45, 2.75) is 58.5 Å². The standard InChI is InChI=1S/C16H30N4/c1-3-19(4-2)11-7-10-17-12-15-13-18-20(14-15)16-8-5-6-9-16/h13-14,16-17H,3-12H2,1-2H3. The molecule has 4 heteroatoms. The third-order valence-electron chi connectivity index (χ3n) is 4.41. The smallest absolute Gasteiger partial charge is 0.0534 e. The topological polar surface area (TPSA) is 33.1 Å². The monoisotopic (exact) mass is 278 g/mol. The van der Waals surface area contributed by atoms with Gasteiger partial charge in [-0.2, -0.15) is 5.10 Å². The van der Waals surface area contributed by atoms with E-state index in [4.69, 9.17) is 0 Å². The Kier molecular flexibility index (Phi) is 6.54. The summed E-state index contributed by atoms with van der Waals surface area (Å²) in [5.41, 5.74) is 1.32. The fraction of sp³-hybridized carbons (Fsp3) is 0.812. The van der Waals surface area contributed by atoms with Crippen molar-refractivity contribution in [2.75, 3.05) is 26.2 Å². The number of hydrogen-bond donors (Lipinski definition) is 1. The van der Waals surface area contributed by atoms with Gasteiger partial charge in [0.25, 0.3) is 0 Å². The summed E-state index contributed by atoms with van der Waals surface area (Å²) in [5, 5.41) is 8.05. The highest BCUT2D eigenvalue weighted by Gasteiger charge is 2.17. The van der Waals surface area contributed by atoms with Gasteiger partial charge in [0.05, 0.1) is 12.2 Å².